The van der Waals surface area contributed by atoms with Gasteiger partial charge in [0.15, 0.2) is 5.54 Å². The Morgan fingerprint density at radius 2 is 1.65 bits per heavy atom. The average molecular weight is 269 g/mol. The van der Waals surface area contributed by atoms with Crippen molar-refractivity contribution >= 4 is 11.7 Å². The van der Waals surface area contributed by atoms with Gasteiger partial charge in [0.2, 0.25) is 0 Å². The molecule has 0 saturated heterocycles. The lowest BCUT2D eigenvalue weighted by Crippen LogP contribution is -2.41. The van der Waals surface area contributed by atoms with Crippen LogP contribution in [-0.2, 0) is 15.1 Å². The van der Waals surface area contributed by atoms with E-state index < -0.39 is 5.54 Å². The second-order valence-corrected chi connectivity index (χ2v) is 4.97. The van der Waals surface area contributed by atoms with Crippen molar-refractivity contribution in [2.45, 2.75) is 19.4 Å². The van der Waals surface area contributed by atoms with E-state index in [4.69, 9.17) is 4.74 Å². The molecule has 0 radical (unpaired) electrons. The van der Waals surface area contributed by atoms with Crippen LogP contribution in [0, 0.1) is 6.92 Å². The van der Waals surface area contributed by atoms with E-state index in [1.807, 2.05) is 68.4 Å². The van der Waals surface area contributed by atoms with Crippen LogP contribution in [0.15, 0.2) is 54.6 Å². The highest BCUT2D eigenvalue weighted by Gasteiger charge is 2.36. The van der Waals surface area contributed by atoms with E-state index in [9.17, 15) is 4.79 Å². The largest absolute Gasteiger partial charge is 0.467 e. The number of nitrogens with one attached hydrogen (secondary N) is 1. The standard InChI is InChI=1S/C17H19NO2/c1-13-9-11-15(12-10-13)18-17(2,16(19)20-3)14-7-5-4-6-8-14/h4-12,18H,1-3H3. The minimum atomic E-state index is -0.911. The maximum atomic E-state index is 12.2. The van der Waals surface area contributed by atoms with Crippen LogP contribution in [0.2, 0.25) is 0 Å². The van der Waals surface area contributed by atoms with Crippen LogP contribution in [0.4, 0.5) is 5.69 Å². The number of hydrogen-bond acceptors (Lipinski definition) is 3. The molecule has 0 aliphatic carbocycles. The second-order valence-electron chi connectivity index (χ2n) is 4.97. The molecular weight excluding hydrogens is 250 g/mol. The molecule has 1 atom stereocenters. The van der Waals surface area contributed by atoms with Gasteiger partial charge in [-0.2, -0.15) is 0 Å². The summed E-state index contributed by atoms with van der Waals surface area (Å²) in [5, 5.41) is 3.28. The van der Waals surface area contributed by atoms with Crippen molar-refractivity contribution in [3.05, 3.63) is 65.7 Å². The monoisotopic (exact) mass is 269 g/mol. The van der Waals surface area contributed by atoms with Gasteiger partial charge in [0, 0.05) is 5.69 Å². The average Bonchev–Trinajstić information content (AvgIpc) is 2.49. The lowest BCUT2D eigenvalue weighted by atomic mass is 9.91. The first-order valence-electron chi connectivity index (χ1n) is 6.55. The van der Waals surface area contributed by atoms with Crippen LogP contribution in [-0.4, -0.2) is 13.1 Å². The maximum absolute atomic E-state index is 12.2. The van der Waals surface area contributed by atoms with E-state index in [0.29, 0.717) is 0 Å². The first-order valence-corrected chi connectivity index (χ1v) is 6.55. The second kappa shape index (κ2) is 5.78. The molecule has 3 nitrogen and oxygen atoms in total. The normalized spacial score (nSPS) is 13.3. The molecule has 2 aromatic rings. The van der Waals surface area contributed by atoms with Gasteiger partial charge in [-0.05, 0) is 31.5 Å². The molecule has 0 saturated carbocycles. The summed E-state index contributed by atoms with van der Waals surface area (Å²) >= 11 is 0. The third kappa shape index (κ3) is 2.82. The van der Waals surface area contributed by atoms with Crippen LogP contribution in [0.25, 0.3) is 0 Å². The van der Waals surface area contributed by atoms with Crippen LogP contribution < -0.4 is 5.32 Å². The van der Waals surface area contributed by atoms with E-state index in [-0.39, 0.29) is 5.97 Å². The molecule has 0 bridgehead atoms. The molecule has 0 fully saturated rings. The van der Waals surface area contributed by atoms with Crippen LogP contribution >= 0.6 is 0 Å². The maximum Gasteiger partial charge on any atom is 0.335 e. The topological polar surface area (TPSA) is 38.3 Å². The van der Waals surface area contributed by atoms with Gasteiger partial charge in [-0.1, -0.05) is 48.0 Å². The Balaban J connectivity index is 2.38. The van der Waals surface area contributed by atoms with Gasteiger partial charge < -0.3 is 10.1 Å². The zero-order valence-electron chi connectivity index (χ0n) is 12.0. The predicted molar refractivity (Wildman–Crippen MR) is 80.6 cm³/mol. The molecule has 2 aromatic carbocycles. The molecule has 0 heterocycles. The molecule has 0 aliphatic rings. The number of ether oxygens (including phenoxy) is 1. The molecule has 1 N–H and O–H groups in total. The molecule has 0 spiro atoms. The van der Waals surface area contributed by atoms with Crippen molar-refractivity contribution in [2.75, 3.05) is 12.4 Å². The van der Waals surface area contributed by atoms with E-state index in [1.54, 1.807) is 0 Å². The molecule has 0 aromatic heterocycles. The number of methoxy groups -OCH3 is 1. The minimum absolute atomic E-state index is 0.315. The van der Waals surface area contributed by atoms with Crippen LogP contribution in [0.5, 0.6) is 0 Å². The van der Waals surface area contributed by atoms with Crippen molar-refractivity contribution in [2.24, 2.45) is 0 Å². The molecule has 0 amide bonds. The quantitative estimate of drug-likeness (QED) is 0.863. The number of anilines is 1. The fourth-order valence-corrected chi connectivity index (χ4v) is 2.14. The molecule has 0 aliphatic heterocycles. The van der Waals surface area contributed by atoms with E-state index in [2.05, 4.69) is 5.32 Å². The Hall–Kier alpha value is -2.29. The number of aryl methyl sites for hydroxylation is 1. The van der Waals surface area contributed by atoms with Crippen molar-refractivity contribution in [3.63, 3.8) is 0 Å². The van der Waals surface area contributed by atoms with Gasteiger partial charge in [0.1, 0.15) is 0 Å². The fourth-order valence-electron chi connectivity index (χ4n) is 2.14. The summed E-state index contributed by atoms with van der Waals surface area (Å²) in [6.45, 7) is 3.86. The summed E-state index contributed by atoms with van der Waals surface area (Å²) in [4.78, 5) is 12.2. The predicted octanol–water partition coefficient (Wildman–Crippen LogP) is 3.50. The zero-order valence-corrected chi connectivity index (χ0v) is 12.0. The van der Waals surface area contributed by atoms with E-state index in [1.165, 1.54) is 12.7 Å². The van der Waals surface area contributed by atoms with Gasteiger partial charge in [0.05, 0.1) is 7.11 Å². The molecule has 104 valence electrons. The first-order chi connectivity index (χ1) is 9.56. The summed E-state index contributed by atoms with van der Waals surface area (Å²) in [6, 6.07) is 17.5. The zero-order chi connectivity index (χ0) is 14.6. The van der Waals surface area contributed by atoms with Gasteiger partial charge in [-0.15, -0.1) is 0 Å². The molecule has 1 unspecified atom stereocenters. The molecule has 3 heteroatoms. The highest BCUT2D eigenvalue weighted by molar-refractivity contribution is 5.85. The summed E-state index contributed by atoms with van der Waals surface area (Å²) in [5.74, 6) is -0.315. The van der Waals surface area contributed by atoms with Crippen LogP contribution in [0.1, 0.15) is 18.1 Å². The van der Waals surface area contributed by atoms with Gasteiger partial charge >= 0.3 is 5.97 Å². The fraction of sp³-hybridized carbons (Fsp3) is 0.235. The van der Waals surface area contributed by atoms with E-state index in [0.717, 1.165) is 11.3 Å². The van der Waals surface area contributed by atoms with Crippen molar-refractivity contribution in [3.8, 4) is 0 Å². The minimum Gasteiger partial charge on any atom is -0.467 e. The smallest absolute Gasteiger partial charge is 0.335 e. The Morgan fingerprint density at radius 1 is 1.05 bits per heavy atom. The molecule has 20 heavy (non-hydrogen) atoms. The first kappa shape index (κ1) is 14.1. The molecular formula is C17H19NO2. The van der Waals surface area contributed by atoms with Gasteiger partial charge in [-0.3, -0.25) is 0 Å². The number of esters is 1. The van der Waals surface area contributed by atoms with Gasteiger partial charge in [-0.25, -0.2) is 4.79 Å². The Kier molecular flexibility index (Phi) is 4.08. The summed E-state index contributed by atoms with van der Waals surface area (Å²) in [6.07, 6.45) is 0. The summed E-state index contributed by atoms with van der Waals surface area (Å²) in [7, 11) is 1.40. The number of benzene rings is 2. The highest BCUT2D eigenvalue weighted by Crippen LogP contribution is 2.27. The summed E-state index contributed by atoms with van der Waals surface area (Å²) < 4.78 is 4.96. The van der Waals surface area contributed by atoms with Gasteiger partial charge in [0.25, 0.3) is 0 Å². The third-order valence-electron chi connectivity index (χ3n) is 3.39. The number of carbonyl (C=O) groups is 1. The molecule has 2 rings (SSSR count). The Labute approximate surface area is 119 Å². The Morgan fingerprint density at radius 3 is 2.20 bits per heavy atom. The third-order valence-corrected chi connectivity index (χ3v) is 3.39. The SMILES string of the molecule is COC(=O)C(C)(Nc1ccc(C)cc1)c1ccccc1. The van der Waals surface area contributed by atoms with Crippen molar-refractivity contribution in [1.29, 1.82) is 0 Å². The highest BCUT2D eigenvalue weighted by atomic mass is 16.5. The van der Waals surface area contributed by atoms with E-state index >= 15 is 0 Å². The number of rotatable bonds is 4. The lowest BCUT2D eigenvalue weighted by molar-refractivity contribution is -0.145. The number of hydrogen-bond donors (Lipinski definition) is 1. The van der Waals surface area contributed by atoms with Crippen LogP contribution in [0.3, 0.4) is 0 Å². The van der Waals surface area contributed by atoms with Crippen molar-refractivity contribution in [1.82, 2.24) is 0 Å². The number of carbonyl (C=O) groups excluding carboxylic acids is 1. The lowest BCUT2D eigenvalue weighted by Gasteiger charge is -2.29. The van der Waals surface area contributed by atoms with Crippen molar-refractivity contribution < 1.29 is 9.53 Å². The Bertz CT molecular complexity index is 578. The summed E-state index contributed by atoms with van der Waals surface area (Å²) in [5.41, 5.74) is 2.01.